The number of ether oxygens (including phenoxy) is 1. The maximum atomic E-state index is 11.5. The van der Waals surface area contributed by atoms with Crippen LogP contribution in [0.5, 0.6) is 0 Å². The highest BCUT2D eigenvalue weighted by molar-refractivity contribution is 5.98. The van der Waals surface area contributed by atoms with Gasteiger partial charge in [-0.2, -0.15) is 0 Å². The van der Waals surface area contributed by atoms with Crippen molar-refractivity contribution in [3.05, 3.63) is 29.8 Å². The fourth-order valence-corrected chi connectivity index (χ4v) is 1.36. The van der Waals surface area contributed by atoms with E-state index in [4.69, 9.17) is 10.6 Å². The molecule has 0 aromatic heterocycles. The molecule has 1 amide bonds. The Morgan fingerprint density at radius 3 is 2.26 bits per heavy atom. The van der Waals surface area contributed by atoms with Crippen molar-refractivity contribution in [3.63, 3.8) is 0 Å². The largest absolute Gasteiger partial charge is 0.444 e. The van der Waals surface area contributed by atoms with E-state index >= 15 is 0 Å². The van der Waals surface area contributed by atoms with Gasteiger partial charge in [0, 0.05) is 11.3 Å². The molecule has 0 saturated carbocycles. The first-order valence-electron chi connectivity index (χ1n) is 5.88. The summed E-state index contributed by atoms with van der Waals surface area (Å²) in [5.74, 6) is 4.96. The van der Waals surface area contributed by atoms with Crippen LogP contribution in [0.2, 0.25) is 0 Å². The third-order valence-electron chi connectivity index (χ3n) is 2.11. The predicted molar refractivity (Wildman–Crippen MR) is 72.8 cm³/mol. The monoisotopic (exact) mass is 265 g/mol. The minimum Gasteiger partial charge on any atom is -0.444 e. The molecule has 0 saturated heterocycles. The van der Waals surface area contributed by atoms with Gasteiger partial charge in [-0.1, -0.05) is 0 Å². The number of ketones is 1. The average Bonchev–Trinajstić information content (AvgIpc) is 2.27. The van der Waals surface area contributed by atoms with E-state index in [2.05, 4.69) is 10.7 Å². The van der Waals surface area contributed by atoms with Crippen LogP contribution in [0, 0.1) is 0 Å². The summed E-state index contributed by atoms with van der Waals surface area (Å²) in [5.41, 5.74) is 2.83. The first-order chi connectivity index (χ1) is 8.81. The minimum atomic E-state index is -0.549. The first-order valence-corrected chi connectivity index (χ1v) is 5.88. The fraction of sp³-hybridized carbons (Fsp3) is 0.385. The molecule has 1 rings (SSSR count). The number of benzene rings is 1. The van der Waals surface area contributed by atoms with Gasteiger partial charge in [-0.25, -0.2) is 4.79 Å². The van der Waals surface area contributed by atoms with Crippen LogP contribution < -0.4 is 16.6 Å². The number of carbonyl (C=O) groups is 2. The number of hydrazine groups is 1. The number of nitrogens with one attached hydrogen (secondary N) is 2. The number of hydrogen-bond acceptors (Lipinski definition) is 5. The number of nitrogens with two attached hydrogens (primary N) is 1. The molecule has 0 heterocycles. The standard InChI is InChI=1S/C13H19N3O3/c1-13(2,3)19-12(18)16-10-6-4-9(5-7-10)11(17)8-15-14/h4-7,15H,8,14H2,1-3H3,(H,16,18). The summed E-state index contributed by atoms with van der Waals surface area (Å²) in [4.78, 5) is 23.0. The van der Waals surface area contributed by atoms with Gasteiger partial charge in [-0.3, -0.25) is 21.4 Å². The van der Waals surface area contributed by atoms with Crippen LogP contribution in [0.1, 0.15) is 31.1 Å². The lowest BCUT2D eigenvalue weighted by Gasteiger charge is -2.19. The van der Waals surface area contributed by atoms with Crippen molar-refractivity contribution >= 4 is 17.6 Å². The van der Waals surface area contributed by atoms with Gasteiger partial charge >= 0.3 is 6.09 Å². The minimum absolute atomic E-state index is 0.0683. The highest BCUT2D eigenvalue weighted by Gasteiger charge is 2.16. The molecule has 0 fully saturated rings. The van der Waals surface area contributed by atoms with E-state index in [0.29, 0.717) is 11.3 Å². The van der Waals surface area contributed by atoms with E-state index < -0.39 is 11.7 Å². The third kappa shape index (κ3) is 5.50. The van der Waals surface area contributed by atoms with E-state index in [1.807, 2.05) is 0 Å². The molecule has 0 bridgehead atoms. The van der Waals surface area contributed by atoms with Crippen molar-refractivity contribution in [3.8, 4) is 0 Å². The van der Waals surface area contributed by atoms with E-state index in [-0.39, 0.29) is 12.3 Å². The van der Waals surface area contributed by atoms with E-state index in [1.54, 1.807) is 45.0 Å². The van der Waals surface area contributed by atoms with Gasteiger partial charge in [0.2, 0.25) is 0 Å². The molecule has 6 heteroatoms. The molecule has 0 aliphatic rings. The van der Waals surface area contributed by atoms with Gasteiger partial charge in [0.15, 0.2) is 5.78 Å². The lowest BCUT2D eigenvalue weighted by atomic mass is 10.1. The molecule has 6 nitrogen and oxygen atoms in total. The van der Waals surface area contributed by atoms with Gasteiger partial charge in [-0.05, 0) is 45.0 Å². The van der Waals surface area contributed by atoms with Crippen LogP contribution in [0.15, 0.2) is 24.3 Å². The lowest BCUT2D eigenvalue weighted by molar-refractivity contribution is 0.0636. The number of carbonyl (C=O) groups excluding carboxylic acids is 2. The van der Waals surface area contributed by atoms with Crippen LogP contribution in [-0.2, 0) is 4.74 Å². The first kappa shape index (κ1) is 15.1. The van der Waals surface area contributed by atoms with Crippen LogP contribution >= 0.6 is 0 Å². The number of amides is 1. The molecule has 0 aliphatic heterocycles. The molecule has 0 radical (unpaired) electrons. The Kier molecular flexibility index (Phi) is 5.02. The molecule has 4 N–H and O–H groups in total. The molecule has 1 aromatic rings. The smallest absolute Gasteiger partial charge is 0.412 e. The fourth-order valence-electron chi connectivity index (χ4n) is 1.36. The maximum absolute atomic E-state index is 11.5. The molecule has 1 aromatic carbocycles. The third-order valence-corrected chi connectivity index (χ3v) is 2.11. The number of Topliss-reactive ketones (excluding diaryl/α,β-unsaturated/α-hetero) is 1. The van der Waals surface area contributed by atoms with Gasteiger partial charge in [0.1, 0.15) is 5.60 Å². The van der Waals surface area contributed by atoms with E-state index in [9.17, 15) is 9.59 Å². The Morgan fingerprint density at radius 1 is 1.21 bits per heavy atom. The quantitative estimate of drug-likeness (QED) is 0.437. The molecular formula is C13H19N3O3. The summed E-state index contributed by atoms with van der Waals surface area (Å²) >= 11 is 0. The van der Waals surface area contributed by atoms with Crippen molar-refractivity contribution in [1.82, 2.24) is 5.43 Å². The average molecular weight is 265 g/mol. The Hall–Kier alpha value is -1.92. The van der Waals surface area contributed by atoms with E-state index in [1.165, 1.54) is 0 Å². The second-order valence-corrected chi connectivity index (χ2v) is 5.01. The normalized spacial score (nSPS) is 10.9. The topological polar surface area (TPSA) is 93.4 Å². The number of anilines is 1. The zero-order chi connectivity index (χ0) is 14.5. The molecular weight excluding hydrogens is 246 g/mol. The van der Waals surface area contributed by atoms with Crippen LogP contribution in [0.3, 0.4) is 0 Å². The summed E-state index contributed by atoms with van der Waals surface area (Å²) in [6, 6.07) is 6.50. The van der Waals surface area contributed by atoms with Crippen LogP contribution in [-0.4, -0.2) is 24.0 Å². The van der Waals surface area contributed by atoms with Crippen molar-refractivity contribution in [2.75, 3.05) is 11.9 Å². The number of rotatable bonds is 4. The highest BCUT2D eigenvalue weighted by Crippen LogP contribution is 2.13. The second kappa shape index (κ2) is 6.31. The van der Waals surface area contributed by atoms with Crippen molar-refractivity contribution in [1.29, 1.82) is 0 Å². The Bertz CT molecular complexity index is 449. The highest BCUT2D eigenvalue weighted by atomic mass is 16.6. The summed E-state index contributed by atoms with van der Waals surface area (Å²) in [6.07, 6.45) is -0.532. The maximum Gasteiger partial charge on any atom is 0.412 e. The van der Waals surface area contributed by atoms with E-state index in [0.717, 1.165) is 0 Å². The molecule has 0 unspecified atom stereocenters. The van der Waals surface area contributed by atoms with Gasteiger partial charge in [0.25, 0.3) is 0 Å². The molecule has 19 heavy (non-hydrogen) atoms. The zero-order valence-corrected chi connectivity index (χ0v) is 11.3. The summed E-state index contributed by atoms with van der Waals surface area (Å²) in [7, 11) is 0. The second-order valence-electron chi connectivity index (χ2n) is 5.01. The van der Waals surface area contributed by atoms with Crippen molar-refractivity contribution in [2.24, 2.45) is 5.84 Å². The SMILES string of the molecule is CC(C)(C)OC(=O)Nc1ccc(C(=O)CNN)cc1. The number of hydrogen-bond donors (Lipinski definition) is 3. The Balaban J connectivity index is 2.62. The van der Waals surface area contributed by atoms with Gasteiger partial charge in [0.05, 0.1) is 6.54 Å². The molecule has 0 aliphatic carbocycles. The molecule has 104 valence electrons. The summed E-state index contributed by atoms with van der Waals surface area (Å²) in [5, 5.41) is 2.58. The van der Waals surface area contributed by atoms with Gasteiger partial charge < -0.3 is 4.74 Å². The van der Waals surface area contributed by atoms with Crippen molar-refractivity contribution in [2.45, 2.75) is 26.4 Å². The molecule has 0 atom stereocenters. The van der Waals surface area contributed by atoms with Gasteiger partial charge in [-0.15, -0.1) is 0 Å². The van der Waals surface area contributed by atoms with Crippen molar-refractivity contribution < 1.29 is 14.3 Å². The Morgan fingerprint density at radius 2 is 1.79 bits per heavy atom. The zero-order valence-electron chi connectivity index (χ0n) is 11.3. The lowest BCUT2D eigenvalue weighted by Crippen LogP contribution is -2.29. The van der Waals surface area contributed by atoms with Crippen LogP contribution in [0.25, 0.3) is 0 Å². The van der Waals surface area contributed by atoms with Crippen LogP contribution in [0.4, 0.5) is 10.5 Å². The predicted octanol–water partition coefficient (Wildman–Crippen LogP) is 1.68. The summed E-state index contributed by atoms with van der Waals surface area (Å²) in [6.45, 7) is 5.43. The molecule has 0 spiro atoms. The Labute approximate surface area is 112 Å². The summed E-state index contributed by atoms with van der Waals surface area (Å²) < 4.78 is 5.11.